The molecule has 0 saturated carbocycles. The molecule has 0 aliphatic heterocycles. The summed E-state index contributed by atoms with van der Waals surface area (Å²) in [5.41, 5.74) is 16.1. The van der Waals surface area contributed by atoms with Crippen molar-refractivity contribution in [2.45, 2.75) is 47.4 Å². The molecule has 7 aromatic rings. The van der Waals surface area contributed by atoms with Crippen LogP contribution in [0.25, 0.3) is 10.8 Å². The fourth-order valence-electron chi connectivity index (χ4n) is 9.03. The quantitative estimate of drug-likeness (QED) is 0.116. The van der Waals surface area contributed by atoms with Crippen LogP contribution >= 0.6 is 7.92 Å². The van der Waals surface area contributed by atoms with Gasteiger partial charge in [-0.3, -0.25) is 0 Å². The van der Waals surface area contributed by atoms with E-state index in [1.165, 1.54) is 93.0 Å². The third kappa shape index (κ3) is 6.71. The summed E-state index contributed by atoms with van der Waals surface area (Å²) in [6.07, 6.45) is 4.92. The van der Waals surface area contributed by atoms with Crippen molar-refractivity contribution in [1.29, 1.82) is 0 Å². The molecule has 0 N–H and O–H groups in total. The van der Waals surface area contributed by atoms with Crippen molar-refractivity contribution in [3.63, 3.8) is 0 Å². The van der Waals surface area contributed by atoms with Gasteiger partial charge in [-0.1, -0.05) is 12.1 Å². The molecule has 0 aromatic heterocycles. The van der Waals surface area contributed by atoms with Crippen molar-refractivity contribution >= 4 is 70.1 Å². The number of hydrogen-bond acceptors (Lipinski definition) is 0. The summed E-state index contributed by atoms with van der Waals surface area (Å²) in [5.74, 6) is 0.141. The number of rotatable bonds is 7. The van der Waals surface area contributed by atoms with Crippen LogP contribution in [0.5, 0.6) is 0 Å². The predicted molar refractivity (Wildman–Crippen MR) is 237 cm³/mol. The maximum atomic E-state index is 2.51. The van der Waals surface area contributed by atoms with Gasteiger partial charge in [0.2, 0.25) is 0 Å². The second-order valence-corrected chi connectivity index (χ2v) is 17.1. The molecule has 0 heterocycles. The van der Waals surface area contributed by atoms with Crippen molar-refractivity contribution < 1.29 is 0 Å². The van der Waals surface area contributed by atoms with Gasteiger partial charge in [0.15, 0.2) is 0 Å². The zero-order valence-electron chi connectivity index (χ0n) is 31.7. The molecular formula is C50H45B2P. The zero-order chi connectivity index (χ0) is 36.6. The second kappa shape index (κ2) is 14.8. The van der Waals surface area contributed by atoms with Crippen LogP contribution in [0.3, 0.4) is 0 Å². The summed E-state index contributed by atoms with van der Waals surface area (Å²) in [5, 5.41) is 6.84. The van der Waals surface area contributed by atoms with Gasteiger partial charge in [-0.15, -0.1) is 0 Å². The van der Waals surface area contributed by atoms with E-state index in [2.05, 4.69) is 206 Å². The first-order chi connectivity index (χ1) is 25.8. The van der Waals surface area contributed by atoms with Crippen LogP contribution in [-0.2, 0) is 0 Å². The summed E-state index contributed by atoms with van der Waals surface area (Å²) < 4.78 is 0. The Kier molecular flexibility index (Phi) is 9.76. The molecule has 0 radical (unpaired) electrons. The fourth-order valence-corrected chi connectivity index (χ4v) is 11.5. The second-order valence-electron chi connectivity index (χ2n) is 14.9. The van der Waals surface area contributed by atoms with Gasteiger partial charge in [0.05, 0.1) is 0 Å². The van der Waals surface area contributed by atoms with Gasteiger partial charge in [0.1, 0.15) is 0 Å². The molecule has 8 rings (SSSR count). The Hall–Kier alpha value is -5.03. The van der Waals surface area contributed by atoms with E-state index in [4.69, 9.17) is 0 Å². The molecule has 1 aliphatic rings. The van der Waals surface area contributed by atoms with Crippen molar-refractivity contribution in [2.75, 3.05) is 0 Å². The van der Waals surface area contributed by atoms with Crippen molar-refractivity contribution in [2.24, 2.45) is 0 Å². The average Bonchev–Trinajstić information content (AvgIpc) is 3.15. The molecule has 3 heteroatoms. The molecule has 0 bridgehead atoms. The Balaban J connectivity index is 1.40. The first-order valence-corrected chi connectivity index (χ1v) is 20.2. The van der Waals surface area contributed by atoms with Gasteiger partial charge in [-0.25, -0.2) is 0 Å². The molecule has 0 saturated heterocycles. The Bertz CT molecular complexity index is 2440. The standard InChI is InChI=1S/C50H45B2P/c1-33-29-35(3)49(36(4)30-33)51-44-27-28-45(43-24-14-13-23-42(43)44)52(50-37(5)31-34(2)32-38(50)6)46-25-15-17-39-18-16-26-47(48(39)46)53(40-19-9-7-10-20-40)41-21-11-8-12-22-41/h7-32,45H,1-6H3. The van der Waals surface area contributed by atoms with E-state index in [1.807, 2.05) is 0 Å². The van der Waals surface area contributed by atoms with Crippen LogP contribution in [0.1, 0.15) is 50.3 Å². The predicted octanol–water partition coefficient (Wildman–Crippen LogP) is 8.50. The number of fused-ring (bicyclic) bond motifs is 2. The van der Waals surface area contributed by atoms with E-state index < -0.39 is 7.92 Å². The Morgan fingerprint density at radius 3 is 1.72 bits per heavy atom. The van der Waals surface area contributed by atoms with E-state index in [0.29, 0.717) is 0 Å². The van der Waals surface area contributed by atoms with E-state index in [9.17, 15) is 0 Å². The van der Waals surface area contributed by atoms with Gasteiger partial charge < -0.3 is 0 Å². The van der Waals surface area contributed by atoms with Crippen LogP contribution < -0.4 is 32.3 Å². The Morgan fingerprint density at radius 2 is 1.09 bits per heavy atom. The number of allylic oxidation sites excluding steroid dienone is 2. The minimum atomic E-state index is -0.818. The summed E-state index contributed by atoms with van der Waals surface area (Å²) in [7, 11) is -0.818. The first-order valence-electron chi connectivity index (χ1n) is 18.8. The first kappa shape index (κ1) is 35.0. The summed E-state index contributed by atoms with van der Waals surface area (Å²) in [4.78, 5) is 0. The van der Waals surface area contributed by atoms with E-state index in [-0.39, 0.29) is 12.5 Å². The third-order valence-electron chi connectivity index (χ3n) is 11.1. The molecule has 7 aromatic carbocycles. The minimum absolute atomic E-state index is 0.102. The van der Waals surface area contributed by atoms with Crippen LogP contribution in [0.2, 0.25) is 0 Å². The van der Waals surface area contributed by atoms with Crippen molar-refractivity contribution in [3.05, 3.63) is 202 Å². The SMILES string of the molecule is Cc1cc(C)c(B=C2C=CC(B(c3c(C)cc(C)cc3C)c3cccc4cccc(P(c5ccccc5)c5ccccc5)c34)c3ccccc32)c(C)c1. The van der Waals surface area contributed by atoms with E-state index in [0.717, 1.165) is 0 Å². The molecule has 0 fully saturated rings. The van der Waals surface area contributed by atoms with Gasteiger partial charge in [0, 0.05) is 0 Å². The molecule has 0 spiro atoms. The van der Waals surface area contributed by atoms with E-state index in [1.54, 1.807) is 0 Å². The topological polar surface area (TPSA) is 0 Å². The zero-order valence-corrected chi connectivity index (χ0v) is 32.6. The molecular weight excluding hydrogens is 653 g/mol. The summed E-state index contributed by atoms with van der Waals surface area (Å²) in [6, 6.07) is 54.8. The molecule has 0 amide bonds. The average molecular weight is 699 g/mol. The van der Waals surface area contributed by atoms with Gasteiger partial charge >= 0.3 is 308 Å². The van der Waals surface area contributed by atoms with Crippen molar-refractivity contribution in [3.8, 4) is 0 Å². The van der Waals surface area contributed by atoms with E-state index >= 15 is 0 Å². The molecule has 0 nitrogen and oxygen atoms in total. The van der Waals surface area contributed by atoms with Crippen LogP contribution in [0.15, 0.2) is 158 Å². The maximum absolute atomic E-state index is 2.51. The normalized spacial score (nSPS) is 14.4. The number of aryl methyl sites for hydroxylation is 6. The third-order valence-corrected chi connectivity index (χ3v) is 13.6. The molecule has 1 aliphatic carbocycles. The van der Waals surface area contributed by atoms with Crippen LogP contribution in [0.4, 0.5) is 0 Å². The molecule has 1 unspecified atom stereocenters. The van der Waals surface area contributed by atoms with Crippen molar-refractivity contribution in [1.82, 2.24) is 0 Å². The molecule has 1 atom stereocenters. The Morgan fingerprint density at radius 1 is 0.547 bits per heavy atom. The Labute approximate surface area is 318 Å². The van der Waals surface area contributed by atoms with Gasteiger partial charge in [-0.05, 0) is 0 Å². The van der Waals surface area contributed by atoms with Gasteiger partial charge in [0.25, 0.3) is 0 Å². The summed E-state index contributed by atoms with van der Waals surface area (Å²) >= 11 is 0. The van der Waals surface area contributed by atoms with Crippen LogP contribution in [-0.4, -0.2) is 19.1 Å². The summed E-state index contributed by atoms with van der Waals surface area (Å²) in [6.45, 7) is 16.1. The molecule has 53 heavy (non-hydrogen) atoms. The monoisotopic (exact) mass is 698 g/mol. The fraction of sp³-hybridized carbons (Fsp3) is 0.140. The number of benzene rings is 7. The van der Waals surface area contributed by atoms with Gasteiger partial charge in [-0.2, -0.15) is 0 Å². The van der Waals surface area contributed by atoms with Crippen LogP contribution in [0, 0.1) is 41.5 Å². The number of hydrogen-bond donors (Lipinski definition) is 0. The molecule has 256 valence electrons.